The molecule has 0 fully saturated rings. The maximum atomic E-state index is 11.5. The number of imidazole rings is 1. The van der Waals surface area contributed by atoms with E-state index in [9.17, 15) is 4.79 Å². The second-order valence-electron chi connectivity index (χ2n) is 4.13. The second-order valence-corrected chi connectivity index (χ2v) is 5.25. The molecule has 1 aromatic heterocycles. The number of carbonyl (C=O) groups is 1. The summed E-state index contributed by atoms with van der Waals surface area (Å²) in [4.78, 5) is 16.0. The lowest BCUT2D eigenvalue weighted by molar-refractivity contribution is 0.241. The highest BCUT2D eigenvalue weighted by molar-refractivity contribution is 9.11. The molecule has 19 heavy (non-hydrogen) atoms. The number of hydrogen-bond acceptors (Lipinski definition) is 2. The Balaban J connectivity index is 2.00. The highest BCUT2D eigenvalue weighted by atomic mass is 79.9. The molecule has 100 valence electrons. The van der Waals surface area contributed by atoms with Gasteiger partial charge in [-0.2, -0.15) is 0 Å². The standard InChI is InChI=1S/C13H15BrN4O/c1-9(14)7-15-13(19)16-8-12-17-10-5-3-4-6-11(10)18(12)2/h3-6H,1,7-8H2,2H3,(H2,15,16,19). The van der Waals surface area contributed by atoms with E-state index < -0.39 is 0 Å². The Hall–Kier alpha value is -1.82. The average Bonchev–Trinajstić information content (AvgIpc) is 2.71. The molecule has 0 bridgehead atoms. The van der Waals surface area contributed by atoms with Gasteiger partial charge in [0.15, 0.2) is 0 Å². The summed E-state index contributed by atoms with van der Waals surface area (Å²) in [6.45, 7) is 4.42. The lowest BCUT2D eigenvalue weighted by atomic mass is 10.3. The predicted octanol–water partition coefficient (Wildman–Crippen LogP) is 2.28. The Morgan fingerprint density at radius 2 is 2.16 bits per heavy atom. The summed E-state index contributed by atoms with van der Waals surface area (Å²) in [6, 6.07) is 7.62. The van der Waals surface area contributed by atoms with Gasteiger partial charge in [-0.15, -0.1) is 0 Å². The van der Waals surface area contributed by atoms with Gasteiger partial charge in [-0.05, 0) is 12.1 Å². The highest BCUT2D eigenvalue weighted by Crippen LogP contribution is 2.13. The maximum absolute atomic E-state index is 11.5. The van der Waals surface area contributed by atoms with Crippen molar-refractivity contribution in [3.05, 3.63) is 41.2 Å². The summed E-state index contributed by atoms with van der Waals surface area (Å²) >= 11 is 3.18. The average molecular weight is 323 g/mol. The van der Waals surface area contributed by atoms with Crippen molar-refractivity contribution in [3.8, 4) is 0 Å². The first-order valence-corrected chi connectivity index (χ1v) is 6.62. The number of rotatable bonds is 4. The summed E-state index contributed by atoms with van der Waals surface area (Å²) in [6.07, 6.45) is 0. The number of para-hydroxylation sites is 2. The Labute approximate surface area is 119 Å². The van der Waals surface area contributed by atoms with E-state index in [1.165, 1.54) is 0 Å². The van der Waals surface area contributed by atoms with Crippen molar-refractivity contribution in [1.82, 2.24) is 20.2 Å². The predicted molar refractivity (Wildman–Crippen MR) is 79.0 cm³/mol. The van der Waals surface area contributed by atoms with Crippen LogP contribution in [0.4, 0.5) is 4.79 Å². The first-order chi connectivity index (χ1) is 9.08. The van der Waals surface area contributed by atoms with Crippen molar-refractivity contribution in [2.45, 2.75) is 6.54 Å². The van der Waals surface area contributed by atoms with Gasteiger partial charge >= 0.3 is 6.03 Å². The summed E-state index contributed by atoms with van der Waals surface area (Å²) in [5, 5.41) is 5.43. The zero-order valence-corrected chi connectivity index (χ0v) is 12.2. The molecular weight excluding hydrogens is 308 g/mol. The number of aryl methyl sites for hydroxylation is 1. The minimum absolute atomic E-state index is 0.243. The van der Waals surface area contributed by atoms with Gasteiger partial charge in [-0.3, -0.25) is 0 Å². The van der Waals surface area contributed by atoms with Crippen LogP contribution in [0, 0.1) is 0 Å². The molecule has 0 aliphatic carbocycles. The molecule has 1 aromatic carbocycles. The van der Waals surface area contributed by atoms with Crippen LogP contribution in [0.3, 0.4) is 0 Å². The van der Waals surface area contributed by atoms with Crippen LogP contribution in [0.5, 0.6) is 0 Å². The van der Waals surface area contributed by atoms with Gasteiger partial charge in [0.2, 0.25) is 0 Å². The van der Waals surface area contributed by atoms with Gasteiger partial charge in [-0.25, -0.2) is 9.78 Å². The molecule has 5 nitrogen and oxygen atoms in total. The van der Waals surface area contributed by atoms with Gasteiger partial charge in [-0.1, -0.05) is 34.6 Å². The maximum Gasteiger partial charge on any atom is 0.315 e. The van der Waals surface area contributed by atoms with Crippen LogP contribution >= 0.6 is 15.9 Å². The number of benzene rings is 1. The van der Waals surface area contributed by atoms with Crippen molar-refractivity contribution >= 4 is 33.0 Å². The molecule has 0 radical (unpaired) electrons. The molecule has 0 saturated heterocycles. The Kier molecular flexibility index (Phi) is 4.21. The molecule has 2 aromatic rings. The number of urea groups is 1. The van der Waals surface area contributed by atoms with E-state index in [2.05, 4.69) is 38.1 Å². The molecule has 0 unspecified atom stereocenters. The van der Waals surface area contributed by atoms with E-state index in [0.29, 0.717) is 13.1 Å². The first-order valence-electron chi connectivity index (χ1n) is 5.83. The van der Waals surface area contributed by atoms with Crippen molar-refractivity contribution in [1.29, 1.82) is 0 Å². The molecule has 1 heterocycles. The van der Waals surface area contributed by atoms with Crippen molar-refractivity contribution in [2.75, 3.05) is 6.54 Å². The third-order valence-electron chi connectivity index (χ3n) is 2.73. The normalized spacial score (nSPS) is 10.4. The molecule has 0 spiro atoms. The summed E-state index contributed by atoms with van der Waals surface area (Å²) in [5.74, 6) is 0.814. The number of nitrogens with one attached hydrogen (secondary N) is 2. The van der Waals surface area contributed by atoms with Crippen molar-refractivity contribution in [2.24, 2.45) is 7.05 Å². The van der Waals surface area contributed by atoms with Crippen LogP contribution < -0.4 is 10.6 Å². The van der Waals surface area contributed by atoms with Crippen LogP contribution in [-0.2, 0) is 13.6 Å². The molecule has 2 rings (SSSR count). The van der Waals surface area contributed by atoms with E-state index in [0.717, 1.165) is 21.3 Å². The highest BCUT2D eigenvalue weighted by Gasteiger charge is 2.08. The molecule has 2 N–H and O–H groups in total. The third kappa shape index (κ3) is 3.35. The number of fused-ring (bicyclic) bond motifs is 1. The lowest BCUT2D eigenvalue weighted by Crippen LogP contribution is -2.36. The Bertz CT molecular complexity index is 620. The second kappa shape index (κ2) is 5.88. The van der Waals surface area contributed by atoms with E-state index >= 15 is 0 Å². The van der Waals surface area contributed by atoms with Gasteiger partial charge in [0.25, 0.3) is 0 Å². The zero-order valence-electron chi connectivity index (χ0n) is 10.6. The molecule has 0 aliphatic heterocycles. The van der Waals surface area contributed by atoms with E-state index in [4.69, 9.17) is 0 Å². The van der Waals surface area contributed by atoms with Crippen molar-refractivity contribution in [3.63, 3.8) is 0 Å². The van der Waals surface area contributed by atoms with E-state index in [1.54, 1.807) is 0 Å². The van der Waals surface area contributed by atoms with E-state index in [1.807, 2.05) is 35.9 Å². The summed E-state index contributed by atoms with van der Waals surface area (Å²) < 4.78 is 2.70. The minimum atomic E-state index is -0.243. The molecular formula is C13H15BrN4O. The van der Waals surface area contributed by atoms with Crippen LogP contribution in [-0.4, -0.2) is 22.1 Å². The third-order valence-corrected chi connectivity index (χ3v) is 3.01. The number of amides is 2. The summed E-state index contributed by atoms with van der Waals surface area (Å²) in [7, 11) is 1.94. The first kappa shape index (κ1) is 13.6. The van der Waals surface area contributed by atoms with Crippen LogP contribution in [0.25, 0.3) is 11.0 Å². The fourth-order valence-electron chi connectivity index (χ4n) is 1.75. The smallest absolute Gasteiger partial charge is 0.315 e. The largest absolute Gasteiger partial charge is 0.334 e. The summed E-state index contributed by atoms with van der Waals surface area (Å²) in [5.41, 5.74) is 1.98. The number of halogens is 1. The Morgan fingerprint density at radius 1 is 1.42 bits per heavy atom. The number of nitrogens with zero attached hydrogens (tertiary/aromatic N) is 2. The van der Waals surface area contributed by atoms with Gasteiger partial charge in [0.05, 0.1) is 24.1 Å². The molecule has 0 atom stereocenters. The quantitative estimate of drug-likeness (QED) is 0.907. The molecule has 0 aliphatic rings. The van der Waals surface area contributed by atoms with Crippen LogP contribution in [0.1, 0.15) is 5.82 Å². The number of hydrogen-bond donors (Lipinski definition) is 2. The molecule has 6 heteroatoms. The number of carbonyl (C=O) groups excluding carboxylic acids is 1. The minimum Gasteiger partial charge on any atom is -0.334 e. The fourth-order valence-corrected chi connectivity index (χ4v) is 1.89. The lowest BCUT2D eigenvalue weighted by Gasteiger charge is -2.07. The van der Waals surface area contributed by atoms with Gasteiger partial charge in [0, 0.05) is 11.5 Å². The SMILES string of the molecule is C=C(Br)CNC(=O)NCc1nc2ccccc2n1C. The number of aromatic nitrogens is 2. The zero-order chi connectivity index (χ0) is 13.8. The monoisotopic (exact) mass is 322 g/mol. The molecule has 2 amide bonds. The molecule has 0 saturated carbocycles. The van der Waals surface area contributed by atoms with Crippen LogP contribution in [0.15, 0.2) is 35.3 Å². The van der Waals surface area contributed by atoms with Gasteiger partial charge < -0.3 is 15.2 Å². The fraction of sp³-hybridized carbons (Fsp3) is 0.231. The van der Waals surface area contributed by atoms with Crippen LogP contribution in [0.2, 0.25) is 0 Å². The van der Waals surface area contributed by atoms with Crippen molar-refractivity contribution < 1.29 is 4.79 Å². The topological polar surface area (TPSA) is 59.0 Å². The van der Waals surface area contributed by atoms with Gasteiger partial charge in [0.1, 0.15) is 5.82 Å². The Morgan fingerprint density at radius 3 is 2.84 bits per heavy atom. The van der Waals surface area contributed by atoms with E-state index in [-0.39, 0.29) is 6.03 Å².